The number of pyridine rings is 1. The molecule has 4 N–H and O–H groups in total. The average Bonchev–Trinajstić information content (AvgIpc) is 2.51. The molecule has 0 unspecified atom stereocenters. The van der Waals surface area contributed by atoms with Gasteiger partial charge in [0.05, 0.1) is 6.10 Å². The van der Waals surface area contributed by atoms with Crippen LogP contribution in [0.2, 0.25) is 0 Å². The molecule has 1 aliphatic carbocycles. The lowest BCUT2D eigenvalue weighted by Gasteiger charge is -2.30. The first kappa shape index (κ1) is 16.5. The zero-order valence-electron chi connectivity index (χ0n) is 14.2. The molecule has 128 valence electrons. The summed E-state index contributed by atoms with van der Waals surface area (Å²) in [4.78, 5) is 6.95. The molecule has 2 heterocycles. The SMILES string of the molecule is CC1CCN(Cc2cc(N)nc(NC3CCC(O)CC3)c2)CC1. The molecular formula is C18H30N4O. The van der Waals surface area contributed by atoms with Crippen LogP contribution in [0.15, 0.2) is 12.1 Å². The monoisotopic (exact) mass is 318 g/mol. The predicted octanol–water partition coefficient (Wildman–Crippen LogP) is 2.61. The van der Waals surface area contributed by atoms with E-state index in [1.165, 1.54) is 31.5 Å². The average molecular weight is 318 g/mol. The summed E-state index contributed by atoms with van der Waals surface area (Å²) in [6.45, 7) is 5.64. The molecule has 1 saturated heterocycles. The first-order valence-corrected chi connectivity index (χ1v) is 9.02. The first-order chi connectivity index (χ1) is 11.1. The van der Waals surface area contributed by atoms with Crippen molar-refractivity contribution in [1.82, 2.24) is 9.88 Å². The van der Waals surface area contributed by atoms with Crippen LogP contribution in [0.1, 0.15) is 51.0 Å². The standard InChI is InChI=1S/C18H30N4O/c1-13-6-8-22(9-7-13)12-14-10-17(19)21-18(11-14)20-15-2-4-16(23)5-3-15/h10-11,13,15-16,23H,2-9,12H2,1H3,(H3,19,20,21). The second kappa shape index (κ2) is 7.49. The van der Waals surface area contributed by atoms with Gasteiger partial charge < -0.3 is 16.2 Å². The second-order valence-corrected chi connectivity index (χ2v) is 7.39. The summed E-state index contributed by atoms with van der Waals surface area (Å²) in [5.74, 6) is 2.32. The molecular weight excluding hydrogens is 288 g/mol. The molecule has 0 atom stereocenters. The van der Waals surface area contributed by atoms with Crippen LogP contribution in [0, 0.1) is 5.92 Å². The summed E-state index contributed by atoms with van der Waals surface area (Å²) < 4.78 is 0. The van der Waals surface area contributed by atoms with E-state index in [0.717, 1.165) is 44.0 Å². The Kier molecular flexibility index (Phi) is 5.38. The lowest BCUT2D eigenvalue weighted by molar-refractivity contribution is 0.126. The number of nitrogens with two attached hydrogens (primary N) is 1. The third kappa shape index (κ3) is 4.82. The van der Waals surface area contributed by atoms with E-state index >= 15 is 0 Å². The Morgan fingerprint density at radius 3 is 2.57 bits per heavy atom. The van der Waals surface area contributed by atoms with Gasteiger partial charge in [-0.2, -0.15) is 0 Å². The highest BCUT2D eigenvalue weighted by Crippen LogP contribution is 2.24. The van der Waals surface area contributed by atoms with E-state index in [2.05, 4.69) is 28.2 Å². The van der Waals surface area contributed by atoms with Crippen LogP contribution in [-0.4, -0.2) is 40.2 Å². The molecule has 23 heavy (non-hydrogen) atoms. The number of piperidine rings is 1. The number of nitrogens with one attached hydrogen (secondary N) is 1. The predicted molar refractivity (Wildman–Crippen MR) is 94.2 cm³/mol. The largest absolute Gasteiger partial charge is 0.393 e. The summed E-state index contributed by atoms with van der Waals surface area (Å²) in [6.07, 6.45) is 6.19. The van der Waals surface area contributed by atoms with Crippen molar-refractivity contribution in [3.05, 3.63) is 17.7 Å². The first-order valence-electron chi connectivity index (χ1n) is 9.02. The molecule has 0 amide bonds. The second-order valence-electron chi connectivity index (χ2n) is 7.39. The zero-order chi connectivity index (χ0) is 16.2. The van der Waals surface area contributed by atoms with Gasteiger partial charge in [0.25, 0.3) is 0 Å². The molecule has 2 aliphatic rings. The zero-order valence-corrected chi connectivity index (χ0v) is 14.2. The Morgan fingerprint density at radius 1 is 1.17 bits per heavy atom. The number of likely N-dealkylation sites (tertiary alicyclic amines) is 1. The van der Waals surface area contributed by atoms with E-state index in [0.29, 0.717) is 11.9 Å². The molecule has 0 bridgehead atoms. The summed E-state index contributed by atoms with van der Waals surface area (Å²) in [5, 5.41) is 13.1. The number of aliphatic hydroxyl groups excluding tert-OH is 1. The Labute approximate surface area is 139 Å². The molecule has 1 saturated carbocycles. The number of aromatic nitrogens is 1. The number of anilines is 2. The van der Waals surface area contributed by atoms with E-state index in [-0.39, 0.29) is 6.10 Å². The van der Waals surface area contributed by atoms with Gasteiger partial charge >= 0.3 is 0 Å². The fraction of sp³-hybridized carbons (Fsp3) is 0.722. The van der Waals surface area contributed by atoms with Crippen LogP contribution in [0.4, 0.5) is 11.6 Å². The van der Waals surface area contributed by atoms with Crippen LogP contribution in [0.5, 0.6) is 0 Å². The van der Waals surface area contributed by atoms with Crippen molar-refractivity contribution < 1.29 is 5.11 Å². The van der Waals surface area contributed by atoms with Crippen LogP contribution in [0.3, 0.4) is 0 Å². The number of hydrogen-bond donors (Lipinski definition) is 3. The van der Waals surface area contributed by atoms with E-state index in [4.69, 9.17) is 5.73 Å². The highest BCUT2D eigenvalue weighted by Gasteiger charge is 2.20. The Hall–Kier alpha value is -1.33. The molecule has 0 radical (unpaired) electrons. The van der Waals surface area contributed by atoms with Gasteiger partial charge in [0.15, 0.2) is 0 Å². The minimum absolute atomic E-state index is 0.126. The fourth-order valence-corrected chi connectivity index (χ4v) is 3.68. The Morgan fingerprint density at radius 2 is 1.87 bits per heavy atom. The number of aliphatic hydroxyl groups is 1. The van der Waals surface area contributed by atoms with Crippen LogP contribution < -0.4 is 11.1 Å². The topological polar surface area (TPSA) is 74.4 Å². The molecule has 1 aliphatic heterocycles. The summed E-state index contributed by atoms with van der Waals surface area (Å²) >= 11 is 0. The molecule has 2 fully saturated rings. The van der Waals surface area contributed by atoms with E-state index < -0.39 is 0 Å². The summed E-state index contributed by atoms with van der Waals surface area (Å²) in [6, 6.07) is 4.53. The molecule has 0 spiro atoms. The molecule has 0 aromatic carbocycles. The Bertz CT molecular complexity index is 463. The maximum absolute atomic E-state index is 9.61. The maximum atomic E-state index is 9.61. The fourth-order valence-electron chi connectivity index (χ4n) is 3.68. The van der Waals surface area contributed by atoms with Crippen molar-refractivity contribution in [3.63, 3.8) is 0 Å². The Balaban J connectivity index is 1.60. The van der Waals surface area contributed by atoms with E-state index in [1.54, 1.807) is 0 Å². The minimum atomic E-state index is -0.126. The number of nitrogen functional groups attached to an aromatic ring is 1. The van der Waals surface area contributed by atoms with E-state index in [1.807, 2.05) is 6.07 Å². The van der Waals surface area contributed by atoms with Gasteiger partial charge in [0, 0.05) is 12.6 Å². The van der Waals surface area contributed by atoms with Crippen LogP contribution in [0.25, 0.3) is 0 Å². The lowest BCUT2D eigenvalue weighted by atomic mass is 9.93. The van der Waals surface area contributed by atoms with Gasteiger partial charge in [-0.1, -0.05) is 6.92 Å². The van der Waals surface area contributed by atoms with Crippen molar-refractivity contribution in [1.29, 1.82) is 0 Å². The number of nitrogens with zero attached hydrogens (tertiary/aromatic N) is 2. The highest BCUT2D eigenvalue weighted by atomic mass is 16.3. The molecule has 3 rings (SSSR count). The minimum Gasteiger partial charge on any atom is -0.393 e. The third-order valence-corrected chi connectivity index (χ3v) is 5.24. The van der Waals surface area contributed by atoms with Gasteiger partial charge in [-0.15, -0.1) is 0 Å². The smallest absolute Gasteiger partial charge is 0.128 e. The van der Waals surface area contributed by atoms with Crippen molar-refractivity contribution in [3.8, 4) is 0 Å². The van der Waals surface area contributed by atoms with Crippen molar-refractivity contribution >= 4 is 11.6 Å². The van der Waals surface area contributed by atoms with Gasteiger partial charge in [0.1, 0.15) is 11.6 Å². The van der Waals surface area contributed by atoms with Gasteiger partial charge in [-0.25, -0.2) is 4.98 Å². The molecule has 5 nitrogen and oxygen atoms in total. The number of rotatable bonds is 4. The normalized spacial score (nSPS) is 27.0. The van der Waals surface area contributed by atoms with Crippen molar-refractivity contribution in [2.75, 3.05) is 24.1 Å². The third-order valence-electron chi connectivity index (χ3n) is 5.24. The van der Waals surface area contributed by atoms with E-state index in [9.17, 15) is 5.11 Å². The quantitative estimate of drug-likeness (QED) is 0.796. The summed E-state index contributed by atoms with van der Waals surface area (Å²) in [7, 11) is 0. The van der Waals surface area contributed by atoms with Crippen molar-refractivity contribution in [2.45, 2.75) is 64.1 Å². The van der Waals surface area contributed by atoms with Crippen LogP contribution in [-0.2, 0) is 6.54 Å². The van der Waals surface area contributed by atoms with Gasteiger partial charge in [0.2, 0.25) is 0 Å². The summed E-state index contributed by atoms with van der Waals surface area (Å²) in [5.41, 5.74) is 7.25. The van der Waals surface area contributed by atoms with Crippen molar-refractivity contribution in [2.24, 2.45) is 5.92 Å². The van der Waals surface area contributed by atoms with Crippen LogP contribution >= 0.6 is 0 Å². The molecule has 1 aromatic heterocycles. The lowest BCUT2D eigenvalue weighted by Crippen LogP contribution is -2.32. The molecule has 1 aromatic rings. The molecule has 5 heteroatoms. The number of hydrogen-bond acceptors (Lipinski definition) is 5. The maximum Gasteiger partial charge on any atom is 0.128 e. The highest BCUT2D eigenvalue weighted by molar-refractivity contribution is 5.47. The van der Waals surface area contributed by atoms with Gasteiger partial charge in [-0.05, 0) is 75.2 Å². The van der Waals surface area contributed by atoms with Gasteiger partial charge in [-0.3, -0.25) is 4.90 Å².